The fourth-order valence-corrected chi connectivity index (χ4v) is 3.01. The minimum Gasteiger partial charge on any atom is -0.493 e. The molecule has 1 heterocycles. The van der Waals surface area contributed by atoms with Crippen molar-refractivity contribution in [1.82, 2.24) is 4.90 Å². The van der Waals surface area contributed by atoms with E-state index in [-0.39, 0.29) is 5.69 Å². The molecule has 1 saturated heterocycles. The van der Waals surface area contributed by atoms with Gasteiger partial charge >= 0.3 is 0 Å². The van der Waals surface area contributed by atoms with Gasteiger partial charge in [-0.25, -0.2) is 0 Å². The van der Waals surface area contributed by atoms with Crippen LogP contribution in [-0.2, 0) is 5.41 Å². The molecule has 0 bridgehead atoms. The summed E-state index contributed by atoms with van der Waals surface area (Å²) in [6.07, 6.45) is 3.34. The van der Waals surface area contributed by atoms with Crippen molar-refractivity contribution < 1.29 is 14.4 Å². The second kappa shape index (κ2) is 8.17. The van der Waals surface area contributed by atoms with E-state index in [4.69, 9.17) is 9.47 Å². The Morgan fingerprint density at radius 2 is 2.00 bits per heavy atom. The lowest BCUT2D eigenvalue weighted by molar-refractivity contribution is -0.386. The van der Waals surface area contributed by atoms with Gasteiger partial charge in [0, 0.05) is 6.54 Å². The highest BCUT2D eigenvalue weighted by molar-refractivity contribution is 5.58. The van der Waals surface area contributed by atoms with Gasteiger partial charge in [0.2, 0.25) is 0 Å². The van der Waals surface area contributed by atoms with Crippen molar-refractivity contribution in [2.24, 2.45) is 0 Å². The first-order valence-electron chi connectivity index (χ1n) is 8.52. The summed E-state index contributed by atoms with van der Waals surface area (Å²) in [7, 11) is 1.49. The van der Waals surface area contributed by atoms with Crippen LogP contribution in [0.15, 0.2) is 12.1 Å². The van der Waals surface area contributed by atoms with E-state index in [2.05, 4.69) is 11.0 Å². The fourth-order valence-electron chi connectivity index (χ4n) is 3.01. The molecule has 0 N–H and O–H groups in total. The Labute approximate surface area is 148 Å². The first kappa shape index (κ1) is 19.0. The number of hydrogen-bond donors (Lipinski definition) is 0. The van der Waals surface area contributed by atoms with Gasteiger partial charge in [0.05, 0.1) is 41.8 Å². The summed E-state index contributed by atoms with van der Waals surface area (Å²) in [5, 5.41) is 20.7. The molecule has 0 aromatic heterocycles. The lowest BCUT2D eigenvalue weighted by Gasteiger charge is -2.19. The molecule has 25 heavy (non-hydrogen) atoms. The number of nitriles is 1. The Balaban J connectivity index is 2.15. The monoisotopic (exact) mass is 347 g/mol. The first-order valence-corrected chi connectivity index (χ1v) is 8.52. The summed E-state index contributed by atoms with van der Waals surface area (Å²) in [4.78, 5) is 13.3. The maximum Gasteiger partial charge on any atom is 0.278 e. The number of likely N-dealkylation sites (tertiary alicyclic amines) is 1. The van der Waals surface area contributed by atoms with E-state index in [0.717, 1.165) is 26.1 Å². The second-order valence-electron chi connectivity index (χ2n) is 6.76. The maximum absolute atomic E-state index is 11.4. The summed E-state index contributed by atoms with van der Waals surface area (Å²) < 4.78 is 11.1. The maximum atomic E-state index is 11.4. The SMILES string of the molecule is COc1cc(C(C)(C)C#N)c([N+](=O)[O-])cc1OCCCN1CCCC1. The lowest BCUT2D eigenvalue weighted by atomic mass is 9.85. The van der Waals surface area contributed by atoms with Gasteiger partial charge in [0.25, 0.3) is 5.69 Å². The minimum atomic E-state index is -0.996. The molecule has 1 aliphatic heterocycles. The van der Waals surface area contributed by atoms with Crippen molar-refractivity contribution in [2.45, 2.75) is 38.5 Å². The molecule has 0 aliphatic carbocycles. The van der Waals surface area contributed by atoms with Gasteiger partial charge in [-0.2, -0.15) is 5.26 Å². The number of hydrogen-bond acceptors (Lipinski definition) is 6. The number of rotatable bonds is 8. The highest BCUT2D eigenvalue weighted by Gasteiger charge is 2.31. The molecule has 1 aliphatic rings. The number of ether oxygens (including phenoxy) is 2. The first-order chi connectivity index (χ1) is 11.9. The molecule has 136 valence electrons. The van der Waals surface area contributed by atoms with Crippen molar-refractivity contribution in [3.63, 3.8) is 0 Å². The van der Waals surface area contributed by atoms with Gasteiger partial charge in [0.1, 0.15) is 0 Å². The Morgan fingerprint density at radius 3 is 2.56 bits per heavy atom. The van der Waals surface area contributed by atoms with Gasteiger partial charge in [-0.3, -0.25) is 10.1 Å². The van der Waals surface area contributed by atoms with Crippen molar-refractivity contribution in [2.75, 3.05) is 33.4 Å². The van der Waals surface area contributed by atoms with Crippen LogP contribution in [0.4, 0.5) is 5.69 Å². The van der Waals surface area contributed by atoms with Crippen LogP contribution in [0.5, 0.6) is 11.5 Å². The third-order valence-electron chi connectivity index (χ3n) is 4.51. The standard InChI is InChI=1S/C18H25N3O4/c1-18(2,13-19)14-11-16(24-3)17(12-15(14)21(22)23)25-10-6-9-20-7-4-5-8-20/h11-12H,4-10H2,1-3H3. The van der Waals surface area contributed by atoms with Crippen LogP contribution >= 0.6 is 0 Å². The summed E-state index contributed by atoms with van der Waals surface area (Å²) in [6, 6.07) is 5.00. The molecule has 0 spiro atoms. The van der Waals surface area contributed by atoms with E-state index in [9.17, 15) is 15.4 Å². The van der Waals surface area contributed by atoms with E-state index < -0.39 is 10.3 Å². The van der Waals surface area contributed by atoms with Crippen molar-refractivity contribution in [3.05, 3.63) is 27.8 Å². The van der Waals surface area contributed by atoms with E-state index in [1.165, 1.54) is 32.1 Å². The highest BCUT2D eigenvalue weighted by Crippen LogP contribution is 2.40. The summed E-state index contributed by atoms with van der Waals surface area (Å²) in [5.74, 6) is 0.748. The van der Waals surface area contributed by atoms with E-state index in [1.54, 1.807) is 13.8 Å². The molecular formula is C18H25N3O4. The zero-order valence-electron chi connectivity index (χ0n) is 15.1. The molecule has 1 aromatic carbocycles. The molecule has 1 aromatic rings. The topological polar surface area (TPSA) is 88.6 Å². The Morgan fingerprint density at radius 1 is 1.32 bits per heavy atom. The second-order valence-corrected chi connectivity index (χ2v) is 6.76. The molecule has 1 fully saturated rings. The van der Waals surface area contributed by atoms with Gasteiger partial charge in [0.15, 0.2) is 11.5 Å². The van der Waals surface area contributed by atoms with Crippen molar-refractivity contribution in [1.29, 1.82) is 5.26 Å². The van der Waals surface area contributed by atoms with Crippen LogP contribution in [-0.4, -0.2) is 43.2 Å². The fraction of sp³-hybridized carbons (Fsp3) is 0.611. The smallest absolute Gasteiger partial charge is 0.278 e. The molecule has 2 rings (SSSR count). The average Bonchev–Trinajstić information content (AvgIpc) is 3.11. The summed E-state index contributed by atoms with van der Waals surface area (Å²) in [5.41, 5.74) is -0.799. The molecule has 0 saturated carbocycles. The minimum absolute atomic E-state index is 0.123. The Kier molecular flexibility index (Phi) is 6.21. The summed E-state index contributed by atoms with van der Waals surface area (Å²) in [6.45, 7) is 6.98. The van der Waals surface area contributed by atoms with Crippen LogP contribution in [0.25, 0.3) is 0 Å². The molecule has 7 nitrogen and oxygen atoms in total. The predicted molar refractivity (Wildman–Crippen MR) is 94.1 cm³/mol. The molecular weight excluding hydrogens is 322 g/mol. The normalized spacial score (nSPS) is 15.0. The molecule has 7 heteroatoms. The van der Waals surface area contributed by atoms with E-state index in [1.807, 2.05) is 0 Å². The van der Waals surface area contributed by atoms with Crippen LogP contribution in [0.1, 0.15) is 38.7 Å². The molecule has 0 amide bonds. The van der Waals surface area contributed by atoms with Crippen LogP contribution in [0, 0.1) is 21.4 Å². The lowest BCUT2D eigenvalue weighted by Crippen LogP contribution is -2.22. The van der Waals surface area contributed by atoms with Crippen LogP contribution < -0.4 is 9.47 Å². The zero-order chi connectivity index (χ0) is 18.4. The van der Waals surface area contributed by atoms with Crippen molar-refractivity contribution in [3.8, 4) is 17.6 Å². The molecule has 0 radical (unpaired) electrons. The third kappa shape index (κ3) is 4.60. The van der Waals surface area contributed by atoms with E-state index in [0.29, 0.717) is 23.7 Å². The largest absolute Gasteiger partial charge is 0.493 e. The van der Waals surface area contributed by atoms with Crippen molar-refractivity contribution >= 4 is 5.69 Å². The number of nitro benzene ring substituents is 1. The Bertz CT molecular complexity index is 661. The zero-order valence-corrected chi connectivity index (χ0v) is 15.1. The van der Waals surface area contributed by atoms with Gasteiger partial charge in [-0.05, 0) is 52.3 Å². The predicted octanol–water partition coefficient (Wildman–Crippen LogP) is 3.27. The number of nitrogens with zero attached hydrogens (tertiary/aromatic N) is 3. The average molecular weight is 347 g/mol. The van der Waals surface area contributed by atoms with Gasteiger partial charge < -0.3 is 14.4 Å². The number of methoxy groups -OCH3 is 1. The highest BCUT2D eigenvalue weighted by atomic mass is 16.6. The quantitative estimate of drug-likeness (QED) is 0.407. The van der Waals surface area contributed by atoms with Crippen LogP contribution in [0.3, 0.4) is 0 Å². The Hall–Kier alpha value is -2.33. The van der Waals surface area contributed by atoms with E-state index >= 15 is 0 Å². The number of benzene rings is 1. The summed E-state index contributed by atoms with van der Waals surface area (Å²) >= 11 is 0. The van der Waals surface area contributed by atoms with Crippen LogP contribution in [0.2, 0.25) is 0 Å². The van der Waals surface area contributed by atoms with Gasteiger partial charge in [-0.1, -0.05) is 0 Å². The molecule has 0 unspecified atom stereocenters. The molecule has 0 atom stereocenters. The van der Waals surface area contributed by atoms with Gasteiger partial charge in [-0.15, -0.1) is 0 Å². The third-order valence-corrected chi connectivity index (χ3v) is 4.51. The number of nitro groups is 1.